The Morgan fingerprint density at radius 3 is 2.74 bits per heavy atom. The van der Waals surface area contributed by atoms with Crippen molar-refractivity contribution in [1.82, 2.24) is 14.7 Å². The van der Waals surface area contributed by atoms with E-state index in [1.165, 1.54) is 37.7 Å². The molecule has 0 fully saturated rings. The number of carbonyl (C=O) groups excluding carboxylic acids is 1. The maximum absolute atomic E-state index is 13.4. The monoisotopic (exact) mass is 379 g/mol. The van der Waals surface area contributed by atoms with Crippen molar-refractivity contribution >= 4 is 5.78 Å². The molecule has 1 aromatic carbocycles. The topological polar surface area (TPSA) is 82.9 Å². The fraction of sp³-hybridized carbons (Fsp3) is 0.235. The van der Waals surface area contributed by atoms with E-state index in [2.05, 4.69) is 14.6 Å². The molecule has 8 nitrogen and oxygen atoms in total. The van der Waals surface area contributed by atoms with Gasteiger partial charge < -0.3 is 19.1 Å². The highest BCUT2D eigenvalue weighted by Crippen LogP contribution is 2.44. The normalized spacial score (nSPS) is 14.4. The molecular weight excluding hydrogens is 364 g/mol. The average Bonchev–Trinajstić information content (AvgIpc) is 2.93. The van der Waals surface area contributed by atoms with E-state index in [0.29, 0.717) is 0 Å². The van der Waals surface area contributed by atoms with Crippen molar-refractivity contribution in [3.63, 3.8) is 0 Å². The summed E-state index contributed by atoms with van der Waals surface area (Å²) in [5.41, 5.74) is -1.11. The molecule has 1 aliphatic rings. The number of ether oxygens (including phenoxy) is 3. The lowest BCUT2D eigenvalue weighted by Gasteiger charge is -2.11. The summed E-state index contributed by atoms with van der Waals surface area (Å²) in [5, 5.41) is 3.98. The van der Waals surface area contributed by atoms with Crippen molar-refractivity contribution in [2.45, 2.75) is 6.29 Å². The third-order valence-electron chi connectivity index (χ3n) is 3.52. The lowest BCUT2D eigenvalue weighted by molar-refractivity contribution is -0.286. The maximum Gasteiger partial charge on any atom is 0.586 e. The highest BCUT2D eigenvalue weighted by atomic mass is 19.3. The fourth-order valence-electron chi connectivity index (χ4n) is 2.33. The molecule has 0 N–H and O–H groups in total. The molecule has 1 aromatic heterocycles. The van der Waals surface area contributed by atoms with Crippen LogP contribution in [0.5, 0.6) is 17.2 Å². The maximum atomic E-state index is 13.4. The van der Waals surface area contributed by atoms with Crippen molar-refractivity contribution in [3.8, 4) is 22.9 Å². The Morgan fingerprint density at radius 2 is 2.07 bits per heavy atom. The first-order valence-corrected chi connectivity index (χ1v) is 7.68. The number of rotatable bonds is 5. The zero-order chi connectivity index (χ0) is 19.8. The van der Waals surface area contributed by atoms with Crippen molar-refractivity contribution in [2.75, 3.05) is 21.2 Å². The predicted molar refractivity (Wildman–Crippen MR) is 89.7 cm³/mol. The molecule has 0 unspecified atom stereocenters. The van der Waals surface area contributed by atoms with Crippen LogP contribution in [0.15, 0.2) is 41.5 Å². The van der Waals surface area contributed by atoms with Gasteiger partial charge in [-0.3, -0.25) is 9.59 Å². The number of hydrogen-bond acceptors (Lipinski definition) is 7. The molecule has 3 rings (SSSR count). The minimum absolute atomic E-state index is 0.0496. The molecule has 142 valence electrons. The number of nitrogens with zero attached hydrogens (tertiary/aromatic N) is 3. The summed E-state index contributed by atoms with van der Waals surface area (Å²) in [7, 11) is 4.64. The second-order valence-electron chi connectivity index (χ2n) is 5.74. The quantitative estimate of drug-likeness (QED) is 0.579. The molecule has 0 saturated heterocycles. The molecule has 10 heteroatoms. The van der Waals surface area contributed by atoms with Gasteiger partial charge in [0.15, 0.2) is 22.9 Å². The molecule has 0 saturated carbocycles. The first-order valence-electron chi connectivity index (χ1n) is 7.68. The van der Waals surface area contributed by atoms with Crippen LogP contribution in [-0.4, -0.2) is 48.0 Å². The van der Waals surface area contributed by atoms with Crippen molar-refractivity contribution in [3.05, 3.63) is 52.6 Å². The smallest absolute Gasteiger partial charge is 0.491 e. The number of fused-ring (bicyclic) bond motifs is 1. The molecule has 0 amide bonds. The van der Waals surface area contributed by atoms with Crippen LogP contribution in [0.3, 0.4) is 0 Å². The highest BCUT2D eigenvalue weighted by Gasteiger charge is 2.45. The van der Waals surface area contributed by atoms with Crippen LogP contribution in [0.1, 0.15) is 10.5 Å². The molecule has 0 aliphatic carbocycles. The number of para-hydroxylation sites is 1. The van der Waals surface area contributed by atoms with Crippen LogP contribution < -0.4 is 19.6 Å². The van der Waals surface area contributed by atoms with Gasteiger partial charge in [0.1, 0.15) is 5.69 Å². The van der Waals surface area contributed by atoms with Crippen LogP contribution in [-0.2, 0) is 0 Å². The summed E-state index contributed by atoms with van der Waals surface area (Å²) in [6.07, 6.45) is -0.0411. The standard InChI is InChI=1S/C17H15F2N3O5/c1-21(2)8-7-11(23)14-15(24)13(25-3)9-22(20-14)10-5-4-6-12-16(10)27-17(18,19)26-12/h4-9H,1-3H3/b8-7+. The largest absolute Gasteiger partial charge is 0.586 e. The predicted octanol–water partition coefficient (Wildman–Crippen LogP) is 1.82. The summed E-state index contributed by atoms with van der Waals surface area (Å²) in [6, 6.07) is 4.16. The summed E-state index contributed by atoms with van der Waals surface area (Å²) >= 11 is 0. The number of alkyl halides is 2. The summed E-state index contributed by atoms with van der Waals surface area (Å²) in [5.74, 6) is -1.33. The number of aromatic nitrogens is 2. The Balaban J connectivity index is 2.14. The minimum atomic E-state index is -3.82. The number of halogens is 2. The summed E-state index contributed by atoms with van der Waals surface area (Å²) in [6.45, 7) is 0. The van der Waals surface area contributed by atoms with Gasteiger partial charge in [-0.05, 0) is 12.1 Å². The van der Waals surface area contributed by atoms with Crippen LogP contribution >= 0.6 is 0 Å². The number of ketones is 1. The Morgan fingerprint density at radius 1 is 1.33 bits per heavy atom. The van der Waals surface area contributed by atoms with E-state index < -0.39 is 23.2 Å². The van der Waals surface area contributed by atoms with Crippen LogP contribution in [0.4, 0.5) is 8.78 Å². The SMILES string of the molecule is COc1cn(-c2cccc3c2OC(F)(F)O3)nc(C(=O)/C=C/N(C)C)c1=O. The Labute approximate surface area is 152 Å². The van der Waals surface area contributed by atoms with Gasteiger partial charge >= 0.3 is 6.29 Å². The molecule has 1 aliphatic heterocycles. The van der Waals surface area contributed by atoms with Gasteiger partial charge in [0.05, 0.1) is 13.3 Å². The number of carbonyl (C=O) groups is 1. The molecular formula is C17H15F2N3O5. The van der Waals surface area contributed by atoms with E-state index >= 15 is 0 Å². The zero-order valence-corrected chi connectivity index (χ0v) is 14.6. The van der Waals surface area contributed by atoms with E-state index in [-0.39, 0.29) is 22.9 Å². The van der Waals surface area contributed by atoms with Crippen molar-refractivity contribution < 1.29 is 27.8 Å². The van der Waals surface area contributed by atoms with Crippen LogP contribution in [0.2, 0.25) is 0 Å². The lowest BCUT2D eigenvalue weighted by atomic mass is 10.2. The van der Waals surface area contributed by atoms with Gasteiger partial charge in [-0.25, -0.2) is 4.68 Å². The molecule has 0 spiro atoms. The van der Waals surface area contributed by atoms with Gasteiger partial charge in [-0.1, -0.05) is 6.07 Å². The molecule has 2 aromatic rings. The van der Waals surface area contributed by atoms with E-state index in [1.807, 2.05) is 0 Å². The first-order chi connectivity index (χ1) is 12.7. The van der Waals surface area contributed by atoms with Gasteiger partial charge in [0.2, 0.25) is 5.78 Å². The molecule has 0 bridgehead atoms. The van der Waals surface area contributed by atoms with Crippen LogP contribution in [0.25, 0.3) is 5.69 Å². The highest BCUT2D eigenvalue weighted by molar-refractivity contribution is 6.03. The summed E-state index contributed by atoms with van der Waals surface area (Å²) < 4.78 is 41.8. The van der Waals surface area contributed by atoms with Gasteiger partial charge in [-0.15, -0.1) is 8.78 Å². The molecule has 2 heterocycles. The Hall–Kier alpha value is -3.43. The molecule has 0 atom stereocenters. The number of hydrogen-bond donors (Lipinski definition) is 0. The Bertz CT molecular complexity index is 985. The van der Waals surface area contributed by atoms with Gasteiger partial charge in [0, 0.05) is 26.4 Å². The third-order valence-corrected chi connectivity index (χ3v) is 3.52. The number of allylic oxidation sites excluding steroid dienone is 1. The van der Waals surface area contributed by atoms with E-state index in [0.717, 1.165) is 10.8 Å². The van der Waals surface area contributed by atoms with Crippen molar-refractivity contribution in [2.24, 2.45) is 0 Å². The average molecular weight is 379 g/mol. The second kappa shape index (κ2) is 6.71. The number of methoxy groups -OCH3 is 1. The van der Waals surface area contributed by atoms with Crippen molar-refractivity contribution in [1.29, 1.82) is 0 Å². The lowest BCUT2D eigenvalue weighted by Crippen LogP contribution is -2.26. The zero-order valence-electron chi connectivity index (χ0n) is 14.6. The Kier molecular flexibility index (Phi) is 4.56. The van der Waals surface area contributed by atoms with Gasteiger partial charge in [0.25, 0.3) is 5.43 Å². The molecule has 27 heavy (non-hydrogen) atoms. The van der Waals surface area contributed by atoms with E-state index in [9.17, 15) is 18.4 Å². The minimum Gasteiger partial charge on any atom is -0.491 e. The summed E-state index contributed by atoms with van der Waals surface area (Å²) in [4.78, 5) is 26.3. The van der Waals surface area contributed by atoms with Crippen LogP contribution in [0, 0.1) is 0 Å². The van der Waals surface area contributed by atoms with E-state index in [1.54, 1.807) is 19.0 Å². The number of benzene rings is 1. The van der Waals surface area contributed by atoms with E-state index in [4.69, 9.17) is 4.74 Å². The van der Waals surface area contributed by atoms with Gasteiger partial charge in [-0.2, -0.15) is 5.10 Å². The first kappa shape index (κ1) is 18.4. The second-order valence-corrected chi connectivity index (χ2v) is 5.74. The third kappa shape index (κ3) is 3.59. The molecule has 0 radical (unpaired) electrons. The fourth-order valence-corrected chi connectivity index (χ4v) is 2.33.